The lowest BCUT2D eigenvalue weighted by molar-refractivity contribution is -0.118. The molecule has 5 heteroatoms. The molecule has 4 aromatic rings. The third-order valence-electron chi connectivity index (χ3n) is 5.86. The molecule has 0 aliphatic heterocycles. The summed E-state index contributed by atoms with van der Waals surface area (Å²) in [4.78, 5) is 16.9. The summed E-state index contributed by atoms with van der Waals surface area (Å²) in [6.45, 7) is 8.40. The van der Waals surface area contributed by atoms with Crippen LogP contribution in [-0.2, 0) is 4.79 Å². The Hall–Kier alpha value is -3.60. The smallest absolute Gasteiger partial charge is 0.262 e. The summed E-state index contributed by atoms with van der Waals surface area (Å²) < 4.78 is 11.5. The normalized spacial score (nSPS) is 12.0. The van der Waals surface area contributed by atoms with Crippen molar-refractivity contribution in [3.05, 3.63) is 77.4 Å². The van der Waals surface area contributed by atoms with E-state index in [1.54, 1.807) is 0 Å². The van der Waals surface area contributed by atoms with Gasteiger partial charge in [0.2, 0.25) is 5.89 Å². The average Bonchev–Trinajstić information content (AvgIpc) is 3.23. The Bertz CT molecular complexity index is 1240. The van der Waals surface area contributed by atoms with E-state index in [0.717, 1.165) is 28.6 Å². The van der Waals surface area contributed by atoms with E-state index in [1.165, 1.54) is 11.1 Å². The maximum absolute atomic E-state index is 12.3. The Labute approximate surface area is 188 Å². The summed E-state index contributed by atoms with van der Waals surface area (Å²) in [6.07, 6.45) is 1.08. The van der Waals surface area contributed by atoms with Gasteiger partial charge in [-0.2, -0.15) is 0 Å². The molecule has 32 heavy (non-hydrogen) atoms. The second kappa shape index (κ2) is 9.27. The summed E-state index contributed by atoms with van der Waals surface area (Å²) in [5, 5.41) is 2.85. The Morgan fingerprint density at radius 2 is 1.81 bits per heavy atom. The molecule has 5 nitrogen and oxygen atoms in total. The molecule has 0 saturated heterocycles. The molecule has 1 N–H and O–H groups in total. The largest absolute Gasteiger partial charge is 0.484 e. The number of amides is 1. The predicted molar refractivity (Wildman–Crippen MR) is 128 cm³/mol. The lowest BCUT2D eigenvalue weighted by Gasteiger charge is -2.09. The zero-order chi connectivity index (χ0) is 22.7. The Balaban J connectivity index is 1.40. The van der Waals surface area contributed by atoms with Crippen molar-refractivity contribution in [1.29, 1.82) is 0 Å². The minimum atomic E-state index is -0.213. The van der Waals surface area contributed by atoms with Gasteiger partial charge in [0, 0.05) is 11.3 Å². The molecule has 164 valence electrons. The number of rotatable bonds is 7. The van der Waals surface area contributed by atoms with Crippen LogP contribution in [-0.4, -0.2) is 17.5 Å². The van der Waals surface area contributed by atoms with Crippen LogP contribution in [0.2, 0.25) is 0 Å². The first-order chi connectivity index (χ1) is 15.4. The van der Waals surface area contributed by atoms with Crippen molar-refractivity contribution in [3.8, 4) is 17.2 Å². The molecule has 0 unspecified atom stereocenters. The summed E-state index contributed by atoms with van der Waals surface area (Å²) in [7, 11) is 0. The highest BCUT2D eigenvalue weighted by Crippen LogP contribution is 2.28. The highest BCUT2D eigenvalue weighted by Gasteiger charge is 2.11. The van der Waals surface area contributed by atoms with Crippen LogP contribution in [0, 0.1) is 13.8 Å². The molecule has 1 atom stereocenters. The molecule has 1 aromatic heterocycles. The Kier molecular flexibility index (Phi) is 6.26. The van der Waals surface area contributed by atoms with Gasteiger partial charge >= 0.3 is 0 Å². The van der Waals surface area contributed by atoms with E-state index in [1.807, 2.05) is 62.4 Å². The van der Waals surface area contributed by atoms with Gasteiger partial charge in [0.15, 0.2) is 12.2 Å². The molecule has 0 fully saturated rings. The van der Waals surface area contributed by atoms with E-state index in [9.17, 15) is 4.79 Å². The van der Waals surface area contributed by atoms with Gasteiger partial charge in [-0.3, -0.25) is 4.79 Å². The van der Waals surface area contributed by atoms with Gasteiger partial charge in [0.25, 0.3) is 5.91 Å². The zero-order valence-electron chi connectivity index (χ0n) is 18.9. The molecule has 0 bridgehead atoms. The van der Waals surface area contributed by atoms with Gasteiger partial charge in [-0.25, -0.2) is 4.98 Å². The van der Waals surface area contributed by atoms with E-state index in [2.05, 4.69) is 36.3 Å². The topological polar surface area (TPSA) is 64.4 Å². The number of carbonyl (C=O) groups excluding carboxylic acids is 1. The van der Waals surface area contributed by atoms with Gasteiger partial charge in [-0.15, -0.1) is 0 Å². The number of anilines is 1. The maximum atomic E-state index is 12.3. The van der Waals surface area contributed by atoms with Crippen LogP contribution in [0.1, 0.15) is 42.9 Å². The SMILES string of the molecule is CC[C@H](C)c1ccc2oc(-c3ccc(NC(=O)COc4ccc(C)c(C)c4)cc3)nc2c1. The number of aromatic nitrogens is 1. The van der Waals surface area contributed by atoms with Crippen molar-refractivity contribution in [3.63, 3.8) is 0 Å². The van der Waals surface area contributed by atoms with Crippen molar-refractivity contribution in [2.45, 2.75) is 40.0 Å². The molecular weight excluding hydrogens is 400 g/mol. The molecule has 4 rings (SSSR count). The number of nitrogens with zero attached hydrogens (tertiary/aromatic N) is 1. The Morgan fingerprint density at radius 3 is 2.53 bits per heavy atom. The van der Waals surface area contributed by atoms with E-state index in [4.69, 9.17) is 9.15 Å². The minimum Gasteiger partial charge on any atom is -0.484 e. The number of hydrogen-bond acceptors (Lipinski definition) is 4. The van der Waals surface area contributed by atoms with E-state index in [-0.39, 0.29) is 12.5 Å². The Morgan fingerprint density at radius 1 is 1.03 bits per heavy atom. The zero-order valence-corrected chi connectivity index (χ0v) is 18.9. The number of nitrogens with one attached hydrogen (secondary N) is 1. The summed E-state index contributed by atoms with van der Waals surface area (Å²) in [5.41, 5.74) is 6.77. The van der Waals surface area contributed by atoms with Crippen molar-refractivity contribution < 1.29 is 13.9 Å². The molecule has 1 heterocycles. The molecule has 0 aliphatic carbocycles. The standard InChI is InChI=1S/C27H28N2O3/c1-5-17(2)21-9-13-25-24(15-21)29-27(32-25)20-7-10-22(11-8-20)28-26(30)16-31-23-12-6-18(3)19(4)14-23/h6-15,17H,5,16H2,1-4H3,(H,28,30)/t17-/m0/s1. The first-order valence-electron chi connectivity index (χ1n) is 10.9. The van der Waals surface area contributed by atoms with Crippen LogP contribution in [0.5, 0.6) is 5.75 Å². The van der Waals surface area contributed by atoms with Crippen molar-refractivity contribution in [2.75, 3.05) is 11.9 Å². The van der Waals surface area contributed by atoms with Crippen LogP contribution in [0.15, 0.2) is 65.1 Å². The monoisotopic (exact) mass is 428 g/mol. The number of ether oxygens (including phenoxy) is 1. The van der Waals surface area contributed by atoms with Crippen LogP contribution < -0.4 is 10.1 Å². The second-order valence-corrected chi connectivity index (χ2v) is 8.22. The fourth-order valence-electron chi connectivity index (χ4n) is 3.46. The molecule has 0 saturated carbocycles. The maximum Gasteiger partial charge on any atom is 0.262 e. The quantitative estimate of drug-likeness (QED) is 0.358. The summed E-state index contributed by atoms with van der Waals surface area (Å²) >= 11 is 0. The van der Waals surface area contributed by atoms with Gasteiger partial charge in [0.1, 0.15) is 11.3 Å². The second-order valence-electron chi connectivity index (χ2n) is 8.22. The van der Waals surface area contributed by atoms with E-state index >= 15 is 0 Å². The molecule has 1 amide bonds. The number of carbonyl (C=O) groups is 1. The first kappa shape index (κ1) is 21.6. The minimum absolute atomic E-state index is 0.0477. The number of fused-ring (bicyclic) bond motifs is 1. The predicted octanol–water partition coefficient (Wildman–Crippen LogP) is 6.64. The van der Waals surface area contributed by atoms with Crippen molar-refractivity contribution >= 4 is 22.7 Å². The van der Waals surface area contributed by atoms with E-state index in [0.29, 0.717) is 23.2 Å². The van der Waals surface area contributed by atoms with Gasteiger partial charge in [-0.05, 0) is 91.4 Å². The third kappa shape index (κ3) is 4.83. The van der Waals surface area contributed by atoms with Gasteiger partial charge in [-0.1, -0.05) is 26.0 Å². The summed E-state index contributed by atoms with van der Waals surface area (Å²) in [5.74, 6) is 1.53. The average molecular weight is 429 g/mol. The van der Waals surface area contributed by atoms with Crippen molar-refractivity contribution in [2.24, 2.45) is 0 Å². The van der Waals surface area contributed by atoms with Crippen LogP contribution in [0.25, 0.3) is 22.6 Å². The third-order valence-corrected chi connectivity index (χ3v) is 5.86. The lowest BCUT2D eigenvalue weighted by Crippen LogP contribution is -2.20. The number of aryl methyl sites for hydroxylation is 2. The fraction of sp³-hybridized carbons (Fsp3) is 0.259. The van der Waals surface area contributed by atoms with Gasteiger partial charge in [0.05, 0.1) is 0 Å². The van der Waals surface area contributed by atoms with Crippen LogP contribution >= 0.6 is 0 Å². The fourth-order valence-corrected chi connectivity index (χ4v) is 3.46. The first-order valence-corrected chi connectivity index (χ1v) is 10.9. The molecule has 0 radical (unpaired) electrons. The molecule has 0 aliphatic rings. The van der Waals surface area contributed by atoms with E-state index < -0.39 is 0 Å². The van der Waals surface area contributed by atoms with Gasteiger partial charge < -0.3 is 14.5 Å². The summed E-state index contributed by atoms with van der Waals surface area (Å²) in [6, 6.07) is 19.4. The molecule has 3 aromatic carbocycles. The van der Waals surface area contributed by atoms with Crippen LogP contribution in [0.3, 0.4) is 0 Å². The van der Waals surface area contributed by atoms with Crippen molar-refractivity contribution in [1.82, 2.24) is 4.98 Å². The number of hydrogen-bond donors (Lipinski definition) is 1. The highest BCUT2D eigenvalue weighted by molar-refractivity contribution is 5.92. The number of benzene rings is 3. The molecule has 0 spiro atoms. The highest BCUT2D eigenvalue weighted by atomic mass is 16.5. The lowest BCUT2D eigenvalue weighted by atomic mass is 9.98. The number of oxazole rings is 1. The molecular formula is C27H28N2O3. The van der Waals surface area contributed by atoms with Crippen LogP contribution in [0.4, 0.5) is 5.69 Å².